The molecule has 0 atom stereocenters. The van der Waals surface area contributed by atoms with Crippen LogP contribution in [0.1, 0.15) is 16.7 Å². The molecule has 0 unspecified atom stereocenters. The second-order valence-corrected chi connectivity index (χ2v) is 9.55. The summed E-state index contributed by atoms with van der Waals surface area (Å²) >= 11 is 6.48. The van der Waals surface area contributed by atoms with Crippen LogP contribution in [0.5, 0.6) is 11.5 Å². The van der Waals surface area contributed by atoms with Crippen LogP contribution in [-0.2, 0) is 12.8 Å². The van der Waals surface area contributed by atoms with Crippen LogP contribution >= 0.6 is 11.6 Å². The van der Waals surface area contributed by atoms with E-state index in [9.17, 15) is 28.1 Å². The number of alkyl halides is 3. The van der Waals surface area contributed by atoms with Gasteiger partial charge in [-0.2, -0.15) is 22.9 Å². The number of hydrogen-bond donors (Lipinski definition) is 0. The van der Waals surface area contributed by atoms with Crippen molar-refractivity contribution in [3.05, 3.63) is 127 Å². The first-order chi connectivity index (χ1) is 20.5. The quantitative estimate of drug-likeness (QED) is 0.105. The van der Waals surface area contributed by atoms with Crippen molar-refractivity contribution in [2.45, 2.75) is 12.8 Å². The minimum absolute atomic E-state index is 0.0373. The lowest BCUT2D eigenvalue weighted by Crippen LogP contribution is -2.20. The van der Waals surface area contributed by atoms with E-state index >= 15 is 0 Å². The molecule has 0 aliphatic rings. The SMILES string of the molecule is COc1cc(C=Nn2c(-c3cccc(C(F)(F)F)c3)nc3ccccc3c2=O)cc(Cl)c1OCc1cccc([N+](=O)[O-])c1. The molecule has 0 amide bonds. The summed E-state index contributed by atoms with van der Waals surface area (Å²) in [5, 5.41) is 15.7. The zero-order valence-corrected chi connectivity index (χ0v) is 23.0. The van der Waals surface area contributed by atoms with E-state index in [0.29, 0.717) is 16.6 Å². The molecule has 43 heavy (non-hydrogen) atoms. The summed E-state index contributed by atoms with van der Waals surface area (Å²) < 4.78 is 52.5. The summed E-state index contributed by atoms with van der Waals surface area (Å²) in [7, 11) is 1.39. The number of hydrogen-bond acceptors (Lipinski definition) is 7. The van der Waals surface area contributed by atoms with Gasteiger partial charge in [0.25, 0.3) is 11.2 Å². The molecule has 0 aliphatic heterocycles. The fourth-order valence-corrected chi connectivity index (χ4v) is 4.52. The van der Waals surface area contributed by atoms with Crippen molar-refractivity contribution in [3.63, 3.8) is 0 Å². The smallest absolute Gasteiger partial charge is 0.416 e. The Hall–Kier alpha value is -5.23. The first-order valence-electron chi connectivity index (χ1n) is 12.5. The van der Waals surface area contributed by atoms with Crippen LogP contribution in [0.2, 0.25) is 5.02 Å². The molecule has 9 nitrogen and oxygen atoms in total. The maximum Gasteiger partial charge on any atom is 0.416 e. The summed E-state index contributed by atoms with van der Waals surface area (Å²) in [5.41, 5.74) is -0.349. The van der Waals surface area contributed by atoms with E-state index in [1.165, 1.54) is 55.8 Å². The Balaban J connectivity index is 1.52. The zero-order chi connectivity index (χ0) is 30.7. The topological polar surface area (TPSA) is 109 Å². The summed E-state index contributed by atoms with van der Waals surface area (Å²) in [6.45, 7) is -0.0380. The van der Waals surface area contributed by atoms with Gasteiger partial charge in [0.05, 0.1) is 39.7 Å². The molecule has 1 aromatic heterocycles. The van der Waals surface area contributed by atoms with Crippen molar-refractivity contribution < 1.29 is 27.6 Å². The maximum absolute atomic E-state index is 13.4. The van der Waals surface area contributed by atoms with Crippen molar-refractivity contribution >= 4 is 34.4 Å². The standard InChI is InChI=1S/C30H20ClF3N4O5/c1-42-26-14-19(13-24(31)27(26)43-17-18-6-4-9-22(12-18)38(40)41)16-35-37-28(20-7-5-8-21(15-20)30(32,33)34)36-25-11-3-2-10-23(25)29(37)39/h2-16H,17H2,1H3. The third kappa shape index (κ3) is 6.33. The second-order valence-electron chi connectivity index (χ2n) is 9.14. The molecule has 5 aromatic rings. The third-order valence-electron chi connectivity index (χ3n) is 6.28. The van der Waals surface area contributed by atoms with E-state index in [-0.39, 0.29) is 45.6 Å². The average molecular weight is 609 g/mol. The normalized spacial score (nSPS) is 11.7. The van der Waals surface area contributed by atoms with Gasteiger partial charge in [-0.05, 0) is 47.5 Å². The predicted octanol–water partition coefficient (Wildman–Crippen LogP) is 7.11. The number of nitrogens with zero attached hydrogens (tertiary/aromatic N) is 4. The number of non-ortho nitro benzene ring substituents is 1. The lowest BCUT2D eigenvalue weighted by atomic mass is 10.1. The first kappa shape index (κ1) is 29.3. The van der Waals surface area contributed by atoms with Crippen LogP contribution in [0.25, 0.3) is 22.3 Å². The number of ether oxygens (including phenoxy) is 2. The molecule has 0 bridgehead atoms. The first-order valence-corrected chi connectivity index (χ1v) is 12.9. The lowest BCUT2D eigenvalue weighted by Gasteiger charge is -2.14. The fraction of sp³-hybridized carbons (Fsp3) is 0.100. The molecule has 0 fully saturated rings. The van der Waals surface area contributed by atoms with E-state index < -0.39 is 22.2 Å². The molecule has 218 valence electrons. The van der Waals surface area contributed by atoms with Crippen molar-refractivity contribution in [3.8, 4) is 22.9 Å². The average Bonchev–Trinajstić information content (AvgIpc) is 2.99. The van der Waals surface area contributed by atoms with E-state index in [4.69, 9.17) is 21.1 Å². The molecule has 13 heteroatoms. The Kier molecular flexibility index (Phi) is 8.13. The van der Waals surface area contributed by atoms with E-state index in [2.05, 4.69) is 10.1 Å². The number of para-hydroxylation sites is 1. The van der Waals surface area contributed by atoms with Crippen molar-refractivity contribution in [2.75, 3.05) is 7.11 Å². The van der Waals surface area contributed by atoms with Crippen LogP contribution in [-0.4, -0.2) is 27.9 Å². The molecule has 5 rings (SSSR count). The highest BCUT2D eigenvalue weighted by atomic mass is 35.5. The number of rotatable bonds is 8. The van der Waals surface area contributed by atoms with E-state index in [0.717, 1.165) is 16.8 Å². The fourth-order valence-electron chi connectivity index (χ4n) is 4.25. The van der Waals surface area contributed by atoms with Gasteiger partial charge in [-0.15, -0.1) is 0 Å². The van der Waals surface area contributed by atoms with Gasteiger partial charge in [-0.3, -0.25) is 14.9 Å². The Morgan fingerprint density at radius 1 is 1.05 bits per heavy atom. The highest BCUT2D eigenvalue weighted by Crippen LogP contribution is 2.37. The van der Waals surface area contributed by atoms with Crippen molar-refractivity contribution in [1.29, 1.82) is 0 Å². The number of nitro benzene ring substituents is 1. The van der Waals surface area contributed by atoms with Gasteiger partial charge in [-0.1, -0.05) is 48.0 Å². The largest absolute Gasteiger partial charge is 0.493 e. The molecule has 4 aromatic carbocycles. The Morgan fingerprint density at radius 2 is 1.81 bits per heavy atom. The molecule has 0 saturated carbocycles. The van der Waals surface area contributed by atoms with Crippen LogP contribution in [0.15, 0.2) is 94.8 Å². The van der Waals surface area contributed by atoms with Crippen molar-refractivity contribution in [1.82, 2.24) is 9.66 Å². The van der Waals surface area contributed by atoms with Crippen molar-refractivity contribution in [2.24, 2.45) is 5.10 Å². The van der Waals surface area contributed by atoms with E-state index in [1.807, 2.05) is 0 Å². The lowest BCUT2D eigenvalue weighted by molar-refractivity contribution is -0.384. The van der Waals surface area contributed by atoms with Gasteiger partial charge in [0.2, 0.25) is 0 Å². The number of fused-ring (bicyclic) bond motifs is 1. The monoisotopic (exact) mass is 608 g/mol. The third-order valence-corrected chi connectivity index (χ3v) is 6.56. The molecular formula is C30H20ClF3N4O5. The minimum atomic E-state index is -4.60. The highest BCUT2D eigenvalue weighted by molar-refractivity contribution is 6.32. The van der Waals surface area contributed by atoms with Crippen LogP contribution in [0, 0.1) is 10.1 Å². The van der Waals surface area contributed by atoms with Gasteiger partial charge in [0.1, 0.15) is 6.61 Å². The van der Waals surface area contributed by atoms with E-state index in [1.54, 1.807) is 30.3 Å². The predicted molar refractivity (Wildman–Crippen MR) is 155 cm³/mol. The van der Waals surface area contributed by atoms with Crippen LogP contribution in [0.4, 0.5) is 18.9 Å². The van der Waals surface area contributed by atoms with Gasteiger partial charge in [0, 0.05) is 17.7 Å². The number of benzene rings is 4. The number of halogens is 4. The molecular weight excluding hydrogens is 589 g/mol. The van der Waals surface area contributed by atoms with Gasteiger partial charge >= 0.3 is 6.18 Å². The second kappa shape index (κ2) is 11.9. The van der Waals surface area contributed by atoms with Crippen LogP contribution in [0.3, 0.4) is 0 Å². The molecule has 0 saturated heterocycles. The minimum Gasteiger partial charge on any atom is -0.493 e. The number of nitro groups is 1. The number of methoxy groups -OCH3 is 1. The Labute approximate surface area is 246 Å². The zero-order valence-electron chi connectivity index (χ0n) is 22.2. The Morgan fingerprint density at radius 3 is 2.56 bits per heavy atom. The van der Waals surface area contributed by atoms with Gasteiger partial charge in [0.15, 0.2) is 17.3 Å². The van der Waals surface area contributed by atoms with Crippen LogP contribution < -0.4 is 15.0 Å². The Bertz CT molecular complexity index is 1940. The van der Waals surface area contributed by atoms with Gasteiger partial charge < -0.3 is 9.47 Å². The molecule has 0 radical (unpaired) electrons. The highest BCUT2D eigenvalue weighted by Gasteiger charge is 2.31. The molecule has 0 aliphatic carbocycles. The summed E-state index contributed by atoms with van der Waals surface area (Å²) in [4.78, 5) is 28.4. The molecule has 0 spiro atoms. The molecule has 1 heterocycles. The summed E-state index contributed by atoms with van der Waals surface area (Å²) in [6.07, 6.45) is -3.32. The maximum atomic E-state index is 13.4. The number of aromatic nitrogens is 2. The van der Waals surface area contributed by atoms with Gasteiger partial charge in [-0.25, -0.2) is 4.98 Å². The summed E-state index contributed by atoms with van der Waals surface area (Å²) in [5.74, 6) is 0.282. The summed E-state index contributed by atoms with van der Waals surface area (Å²) in [6, 6.07) is 19.8. The molecule has 0 N–H and O–H groups in total.